The molecule has 2 amide bonds. The van der Waals surface area contributed by atoms with Crippen molar-refractivity contribution in [2.45, 2.75) is 51.2 Å². The van der Waals surface area contributed by atoms with E-state index >= 15 is 0 Å². The molecule has 0 spiro atoms. The van der Waals surface area contributed by atoms with Gasteiger partial charge in [0.25, 0.3) is 11.8 Å². The van der Waals surface area contributed by atoms with Gasteiger partial charge in [0.05, 0.1) is 0 Å². The molecule has 1 saturated heterocycles. The number of ether oxygens (including phenoxy) is 3. The maximum absolute atomic E-state index is 12.7. The minimum absolute atomic E-state index is 0.00806. The van der Waals surface area contributed by atoms with Gasteiger partial charge in [-0.25, -0.2) is 4.79 Å². The standard InChI is InChI=1S/C24H26Cl2N2O7/c1-13(2)27-22(29)20-21(35-12-34-20)23(30)28-19(24(31)32)10-14-6-8-15(9-7-14)33-11-16-17(25)4-3-5-18(16)26/h3-9,13,19-21H,10-12H2,1-2H3,(H,27,29)(H,28,30)(H,31,32)/t19-,20+,21+/m0/s1. The summed E-state index contributed by atoms with van der Waals surface area (Å²) in [6, 6.07) is 10.5. The average molecular weight is 525 g/mol. The lowest BCUT2D eigenvalue weighted by molar-refractivity contribution is -0.144. The van der Waals surface area contributed by atoms with Gasteiger partial charge in [0, 0.05) is 28.1 Å². The Labute approximate surface area is 212 Å². The summed E-state index contributed by atoms with van der Waals surface area (Å²) in [5.41, 5.74) is 1.31. The lowest BCUT2D eigenvalue weighted by Gasteiger charge is -2.20. The Hall–Kier alpha value is -2.85. The largest absolute Gasteiger partial charge is 0.489 e. The predicted octanol–water partition coefficient (Wildman–Crippen LogP) is 2.95. The van der Waals surface area contributed by atoms with Gasteiger partial charge in [0.15, 0.2) is 12.2 Å². The van der Waals surface area contributed by atoms with Crippen molar-refractivity contribution in [2.24, 2.45) is 0 Å². The van der Waals surface area contributed by atoms with E-state index in [4.69, 9.17) is 37.4 Å². The number of carbonyl (C=O) groups is 3. The Balaban J connectivity index is 1.59. The fraction of sp³-hybridized carbons (Fsp3) is 0.375. The molecule has 2 aromatic carbocycles. The molecule has 0 bridgehead atoms. The summed E-state index contributed by atoms with van der Waals surface area (Å²) in [5.74, 6) is -1.93. The van der Waals surface area contributed by atoms with Crippen molar-refractivity contribution in [3.63, 3.8) is 0 Å². The molecule has 3 atom stereocenters. The first kappa shape index (κ1) is 26.7. The normalized spacial score (nSPS) is 18.2. The summed E-state index contributed by atoms with van der Waals surface area (Å²) in [4.78, 5) is 36.7. The lowest BCUT2D eigenvalue weighted by atomic mass is 10.0. The van der Waals surface area contributed by atoms with Crippen molar-refractivity contribution in [2.75, 3.05) is 6.79 Å². The molecule has 188 valence electrons. The third-order valence-electron chi connectivity index (χ3n) is 5.14. The highest BCUT2D eigenvalue weighted by Crippen LogP contribution is 2.26. The number of hydrogen-bond acceptors (Lipinski definition) is 6. The van der Waals surface area contributed by atoms with Crippen molar-refractivity contribution >= 4 is 41.0 Å². The molecule has 0 aromatic heterocycles. The second-order valence-corrected chi connectivity index (χ2v) is 9.01. The number of carboxylic acid groups (broad SMARTS) is 1. The third-order valence-corrected chi connectivity index (χ3v) is 5.85. The molecule has 3 N–H and O–H groups in total. The van der Waals surface area contributed by atoms with Gasteiger partial charge in [-0.1, -0.05) is 41.4 Å². The predicted molar refractivity (Wildman–Crippen MR) is 128 cm³/mol. The van der Waals surface area contributed by atoms with Crippen LogP contribution in [-0.2, 0) is 36.9 Å². The van der Waals surface area contributed by atoms with E-state index in [-0.39, 0.29) is 25.9 Å². The quantitative estimate of drug-likeness (QED) is 0.436. The molecule has 0 aliphatic carbocycles. The van der Waals surface area contributed by atoms with Crippen LogP contribution in [0.25, 0.3) is 0 Å². The Morgan fingerprint density at radius 1 is 1.00 bits per heavy atom. The number of benzene rings is 2. The number of rotatable bonds is 10. The highest BCUT2D eigenvalue weighted by atomic mass is 35.5. The number of carboxylic acids is 1. The number of halogens is 2. The second-order valence-electron chi connectivity index (χ2n) is 8.19. The molecule has 2 aromatic rings. The van der Waals surface area contributed by atoms with Crippen molar-refractivity contribution in [1.29, 1.82) is 0 Å². The number of nitrogens with one attached hydrogen (secondary N) is 2. The van der Waals surface area contributed by atoms with Crippen LogP contribution in [0.4, 0.5) is 0 Å². The molecule has 0 saturated carbocycles. The number of amides is 2. The molecule has 0 unspecified atom stereocenters. The highest BCUT2D eigenvalue weighted by Gasteiger charge is 2.41. The van der Waals surface area contributed by atoms with E-state index < -0.39 is 36.0 Å². The molecule has 1 aliphatic rings. The van der Waals surface area contributed by atoms with Gasteiger partial charge in [0.1, 0.15) is 25.2 Å². The highest BCUT2D eigenvalue weighted by molar-refractivity contribution is 6.35. The minimum atomic E-state index is -1.25. The fourth-order valence-electron chi connectivity index (χ4n) is 3.39. The molecule has 0 radical (unpaired) electrons. The van der Waals surface area contributed by atoms with Crippen LogP contribution in [0.1, 0.15) is 25.0 Å². The summed E-state index contributed by atoms with van der Waals surface area (Å²) in [7, 11) is 0. The summed E-state index contributed by atoms with van der Waals surface area (Å²) >= 11 is 12.3. The van der Waals surface area contributed by atoms with E-state index in [9.17, 15) is 19.5 Å². The summed E-state index contributed by atoms with van der Waals surface area (Å²) in [5, 5.41) is 15.7. The first-order chi connectivity index (χ1) is 16.7. The van der Waals surface area contributed by atoms with Crippen LogP contribution in [0, 0.1) is 0 Å². The lowest BCUT2D eigenvalue weighted by Crippen LogP contribution is -2.53. The summed E-state index contributed by atoms with van der Waals surface area (Å²) in [6.07, 6.45) is -2.40. The maximum Gasteiger partial charge on any atom is 0.326 e. The summed E-state index contributed by atoms with van der Waals surface area (Å²) in [6.45, 7) is 3.46. The number of hydrogen-bond donors (Lipinski definition) is 3. The Kier molecular flexibility index (Phi) is 9.33. The Morgan fingerprint density at radius 3 is 2.11 bits per heavy atom. The molecule has 3 rings (SSSR count). The van der Waals surface area contributed by atoms with E-state index in [0.717, 1.165) is 0 Å². The Morgan fingerprint density at radius 2 is 1.57 bits per heavy atom. The van der Waals surface area contributed by atoms with Crippen molar-refractivity contribution in [3.8, 4) is 5.75 Å². The van der Waals surface area contributed by atoms with Gasteiger partial charge < -0.3 is 30.0 Å². The average Bonchev–Trinajstić information content (AvgIpc) is 3.29. The molecular weight excluding hydrogens is 499 g/mol. The zero-order chi connectivity index (χ0) is 25.5. The molecule has 1 heterocycles. The third kappa shape index (κ3) is 7.32. The molecule has 35 heavy (non-hydrogen) atoms. The first-order valence-electron chi connectivity index (χ1n) is 10.9. The van der Waals surface area contributed by atoms with Gasteiger partial charge in [-0.2, -0.15) is 0 Å². The van der Waals surface area contributed by atoms with E-state index in [0.29, 0.717) is 26.9 Å². The number of aliphatic carboxylic acids is 1. The smallest absolute Gasteiger partial charge is 0.326 e. The molecular formula is C24H26Cl2N2O7. The van der Waals surface area contributed by atoms with Gasteiger partial charge in [0.2, 0.25) is 0 Å². The zero-order valence-electron chi connectivity index (χ0n) is 19.1. The molecule has 1 aliphatic heterocycles. The van der Waals surface area contributed by atoms with Crippen molar-refractivity contribution in [3.05, 3.63) is 63.6 Å². The van der Waals surface area contributed by atoms with Crippen LogP contribution in [-0.4, -0.2) is 54.0 Å². The van der Waals surface area contributed by atoms with Crippen molar-refractivity contribution < 1.29 is 33.7 Å². The Bertz CT molecular complexity index is 1040. The van der Waals surface area contributed by atoms with E-state index in [2.05, 4.69) is 10.6 Å². The van der Waals surface area contributed by atoms with Crippen LogP contribution >= 0.6 is 23.2 Å². The van der Waals surface area contributed by atoms with Crippen LogP contribution in [0.2, 0.25) is 10.0 Å². The molecule has 11 heteroatoms. The first-order valence-corrected chi connectivity index (χ1v) is 11.6. The molecule has 9 nitrogen and oxygen atoms in total. The van der Waals surface area contributed by atoms with Crippen LogP contribution in [0.3, 0.4) is 0 Å². The molecule has 1 fully saturated rings. The van der Waals surface area contributed by atoms with Gasteiger partial charge in [-0.05, 0) is 43.7 Å². The fourth-order valence-corrected chi connectivity index (χ4v) is 3.90. The minimum Gasteiger partial charge on any atom is -0.489 e. The van der Waals surface area contributed by atoms with Gasteiger partial charge in [-0.3, -0.25) is 9.59 Å². The maximum atomic E-state index is 12.7. The number of carbonyl (C=O) groups excluding carboxylic acids is 2. The van der Waals surface area contributed by atoms with Gasteiger partial charge in [-0.15, -0.1) is 0 Å². The topological polar surface area (TPSA) is 123 Å². The van der Waals surface area contributed by atoms with Crippen molar-refractivity contribution in [1.82, 2.24) is 10.6 Å². The van der Waals surface area contributed by atoms with E-state index in [1.54, 1.807) is 56.3 Å². The summed E-state index contributed by atoms with van der Waals surface area (Å²) < 4.78 is 16.2. The van der Waals surface area contributed by atoms with Gasteiger partial charge >= 0.3 is 5.97 Å². The SMILES string of the molecule is CC(C)NC(=O)[C@@H]1OCO[C@H]1C(=O)N[C@@H](Cc1ccc(OCc2c(Cl)cccc2Cl)cc1)C(=O)O. The van der Waals surface area contributed by atoms with Crippen LogP contribution < -0.4 is 15.4 Å². The van der Waals surface area contributed by atoms with Crippen LogP contribution in [0.5, 0.6) is 5.75 Å². The van der Waals surface area contributed by atoms with Crippen LogP contribution in [0.15, 0.2) is 42.5 Å². The van der Waals surface area contributed by atoms with E-state index in [1.165, 1.54) is 0 Å². The monoisotopic (exact) mass is 524 g/mol. The van der Waals surface area contributed by atoms with E-state index in [1.807, 2.05) is 0 Å². The second kappa shape index (κ2) is 12.2. The zero-order valence-corrected chi connectivity index (χ0v) is 20.6.